The van der Waals surface area contributed by atoms with E-state index >= 15 is 0 Å². The number of rotatable bonds is 3. The van der Waals surface area contributed by atoms with Gasteiger partial charge < -0.3 is 9.47 Å². The minimum absolute atomic E-state index is 0.0362. The van der Waals surface area contributed by atoms with Gasteiger partial charge in [0, 0.05) is 17.7 Å². The van der Waals surface area contributed by atoms with Gasteiger partial charge in [0.1, 0.15) is 12.4 Å². The van der Waals surface area contributed by atoms with E-state index in [0.717, 1.165) is 30.5 Å². The monoisotopic (exact) mass is 258 g/mol. The SMILES string of the molecule is CC1CCC(COc2cc(F)c(F)c(F)c2)=CO1. The third-order valence-corrected chi connectivity index (χ3v) is 2.72. The summed E-state index contributed by atoms with van der Waals surface area (Å²) in [6.07, 6.45) is 3.47. The van der Waals surface area contributed by atoms with Crippen molar-refractivity contribution in [2.24, 2.45) is 0 Å². The molecule has 5 heteroatoms. The molecule has 1 aromatic rings. The Morgan fingerprint density at radius 2 is 1.94 bits per heavy atom. The van der Waals surface area contributed by atoms with Gasteiger partial charge in [0.25, 0.3) is 0 Å². The van der Waals surface area contributed by atoms with Gasteiger partial charge in [0.2, 0.25) is 0 Å². The van der Waals surface area contributed by atoms with Crippen molar-refractivity contribution < 1.29 is 22.6 Å². The molecule has 0 saturated heterocycles. The molecule has 0 aromatic heterocycles. The smallest absolute Gasteiger partial charge is 0.194 e. The van der Waals surface area contributed by atoms with E-state index in [1.165, 1.54) is 0 Å². The van der Waals surface area contributed by atoms with Crippen molar-refractivity contribution in [1.29, 1.82) is 0 Å². The fourth-order valence-corrected chi connectivity index (χ4v) is 1.63. The van der Waals surface area contributed by atoms with Gasteiger partial charge in [-0.3, -0.25) is 0 Å². The summed E-state index contributed by atoms with van der Waals surface area (Å²) >= 11 is 0. The topological polar surface area (TPSA) is 18.5 Å². The van der Waals surface area contributed by atoms with Gasteiger partial charge in [-0.15, -0.1) is 0 Å². The van der Waals surface area contributed by atoms with Gasteiger partial charge in [-0.25, -0.2) is 13.2 Å². The molecule has 2 rings (SSSR count). The maximum absolute atomic E-state index is 12.9. The molecule has 1 aliphatic rings. The molecule has 0 saturated carbocycles. The standard InChI is InChI=1S/C13H13F3O2/c1-8-2-3-9(6-17-8)7-18-10-4-11(14)13(16)12(15)5-10/h4-6,8H,2-3,7H2,1H3. The molecule has 1 unspecified atom stereocenters. The van der Waals surface area contributed by atoms with E-state index in [1.807, 2.05) is 6.92 Å². The average Bonchev–Trinajstić information content (AvgIpc) is 2.35. The van der Waals surface area contributed by atoms with Crippen LogP contribution < -0.4 is 4.74 Å². The zero-order chi connectivity index (χ0) is 13.1. The fourth-order valence-electron chi connectivity index (χ4n) is 1.63. The number of ether oxygens (including phenoxy) is 2. The third-order valence-electron chi connectivity index (χ3n) is 2.72. The van der Waals surface area contributed by atoms with Gasteiger partial charge in [0.15, 0.2) is 17.5 Å². The first-order valence-electron chi connectivity index (χ1n) is 5.67. The second-order valence-electron chi connectivity index (χ2n) is 4.25. The lowest BCUT2D eigenvalue weighted by atomic mass is 10.1. The molecule has 1 aromatic carbocycles. The molecule has 2 nitrogen and oxygen atoms in total. The summed E-state index contributed by atoms with van der Waals surface area (Å²) in [4.78, 5) is 0. The Balaban J connectivity index is 1.98. The second-order valence-corrected chi connectivity index (χ2v) is 4.25. The maximum Gasteiger partial charge on any atom is 0.194 e. The summed E-state index contributed by atoms with van der Waals surface area (Å²) in [5, 5.41) is 0. The first-order chi connectivity index (χ1) is 8.56. The van der Waals surface area contributed by atoms with Crippen LogP contribution in [0.1, 0.15) is 19.8 Å². The largest absolute Gasteiger partial charge is 0.498 e. The molecule has 0 aliphatic carbocycles. The predicted molar refractivity (Wildman–Crippen MR) is 59.7 cm³/mol. The minimum Gasteiger partial charge on any atom is -0.498 e. The van der Waals surface area contributed by atoms with Crippen molar-refractivity contribution in [3.8, 4) is 5.75 Å². The Morgan fingerprint density at radius 1 is 1.28 bits per heavy atom. The summed E-state index contributed by atoms with van der Waals surface area (Å²) < 4.78 is 49.1. The Morgan fingerprint density at radius 3 is 2.50 bits per heavy atom. The zero-order valence-electron chi connectivity index (χ0n) is 9.88. The van der Waals surface area contributed by atoms with E-state index in [2.05, 4.69) is 0 Å². The van der Waals surface area contributed by atoms with E-state index in [-0.39, 0.29) is 18.5 Å². The van der Waals surface area contributed by atoms with E-state index < -0.39 is 17.5 Å². The first kappa shape index (κ1) is 12.8. The van der Waals surface area contributed by atoms with Crippen LogP contribution in [-0.4, -0.2) is 12.7 Å². The molecule has 1 aliphatic heterocycles. The highest BCUT2D eigenvalue weighted by Gasteiger charge is 2.14. The van der Waals surface area contributed by atoms with Crippen LogP contribution in [0.2, 0.25) is 0 Å². The lowest BCUT2D eigenvalue weighted by Crippen LogP contribution is -2.13. The molecule has 98 valence electrons. The normalized spacial score (nSPS) is 19.1. The van der Waals surface area contributed by atoms with Crippen LogP contribution in [0.4, 0.5) is 13.2 Å². The van der Waals surface area contributed by atoms with Gasteiger partial charge in [-0.05, 0) is 19.8 Å². The first-order valence-corrected chi connectivity index (χ1v) is 5.67. The zero-order valence-corrected chi connectivity index (χ0v) is 9.88. The number of benzene rings is 1. The highest BCUT2D eigenvalue weighted by Crippen LogP contribution is 2.22. The highest BCUT2D eigenvalue weighted by molar-refractivity contribution is 5.25. The van der Waals surface area contributed by atoms with Crippen LogP contribution in [-0.2, 0) is 4.74 Å². The molecule has 1 heterocycles. The Kier molecular flexibility index (Phi) is 3.79. The van der Waals surface area contributed by atoms with Crippen molar-refractivity contribution in [1.82, 2.24) is 0 Å². The molecule has 0 spiro atoms. The van der Waals surface area contributed by atoms with E-state index in [4.69, 9.17) is 9.47 Å². The van der Waals surface area contributed by atoms with Crippen LogP contribution >= 0.6 is 0 Å². The molecule has 0 fully saturated rings. The summed E-state index contributed by atoms with van der Waals surface area (Å²) in [6, 6.07) is 1.65. The molecular weight excluding hydrogens is 245 g/mol. The van der Waals surface area contributed by atoms with Crippen LogP contribution in [0, 0.1) is 17.5 Å². The molecule has 0 amide bonds. The fraction of sp³-hybridized carbons (Fsp3) is 0.385. The number of hydrogen-bond acceptors (Lipinski definition) is 2. The van der Waals surface area contributed by atoms with Gasteiger partial charge in [0.05, 0.1) is 12.4 Å². The predicted octanol–water partition coefficient (Wildman–Crippen LogP) is 3.57. The van der Waals surface area contributed by atoms with Gasteiger partial charge >= 0.3 is 0 Å². The van der Waals surface area contributed by atoms with Crippen LogP contribution in [0.25, 0.3) is 0 Å². The minimum atomic E-state index is -1.49. The van der Waals surface area contributed by atoms with Crippen LogP contribution in [0.15, 0.2) is 24.0 Å². The van der Waals surface area contributed by atoms with E-state index in [0.29, 0.717) is 0 Å². The Bertz CT molecular complexity index is 448. The average molecular weight is 258 g/mol. The van der Waals surface area contributed by atoms with Crippen molar-refractivity contribution in [2.45, 2.75) is 25.9 Å². The van der Waals surface area contributed by atoms with Crippen molar-refractivity contribution in [2.75, 3.05) is 6.61 Å². The molecule has 1 atom stereocenters. The van der Waals surface area contributed by atoms with Crippen molar-refractivity contribution >= 4 is 0 Å². The highest BCUT2D eigenvalue weighted by atomic mass is 19.2. The maximum atomic E-state index is 12.9. The summed E-state index contributed by atoms with van der Waals surface area (Å²) in [6.45, 7) is 2.14. The molecule has 0 N–H and O–H groups in total. The molecule has 18 heavy (non-hydrogen) atoms. The lowest BCUT2D eigenvalue weighted by molar-refractivity contribution is 0.131. The second kappa shape index (κ2) is 5.33. The van der Waals surface area contributed by atoms with E-state index in [1.54, 1.807) is 6.26 Å². The molecule has 0 radical (unpaired) electrons. The molecular formula is C13H13F3O2. The number of halogens is 3. The van der Waals surface area contributed by atoms with Crippen molar-refractivity contribution in [3.05, 3.63) is 41.4 Å². The van der Waals surface area contributed by atoms with Gasteiger partial charge in [-0.2, -0.15) is 0 Å². The summed E-state index contributed by atoms with van der Waals surface area (Å²) in [5.41, 5.74) is 0.901. The van der Waals surface area contributed by atoms with E-state index in [9.17, 15) is 13.2 Å². The quantitative estimate of drug-likeness (QED) is 0.772. The molecule has 0 bridgehead atoms. The number of hydrogen-bond donors (Lipinski definition) is 0. The Hall–Kier alpha value is -1.65. The van der Waals surface area contributed by atoms with Crippen LogP contribution in [0.5, 0.6) is 5.75 Å². The lowest BCUT2D eigenvalue weighted by Gasteiger charge is -2.19. The third kappa shape index (κ3) is 2.97. The summed E-state index contributed by atoms with van der Waals surface area (Å²) in [7, 11) is 0. The van der Waals surface area contributed by atoms with Gasteiger partial charge in [-0.1, -0.05) is 0 Å². The Labute approximate surface area is 103 Å². The summed E-state index contributed by atoms with van der Waals surface area (Å²) in [5.74, 6) is -4.04. The van der Waals surface area contributed by atoms with Crippen molar-refractivity contribution in [3.63, 3.8) is 0 Å². The van der Waals surface area contributed by atoms with Crippen LogP contribution in [0.3, 0.4) is 0 Å².